The Morgan fingerprint density at radius 1 is 1.29 bits per heavy atom. The Morgan fingerprint density at radius 2 is 2.00 bits per heavy atom. The van der Waals surface area contributed by atoms with Gasteiger partial charge in [-0.25, -0.2) is 8.42 Å². The predicted molar refractivity (Wildman–Crippen MR) is 82.2 cm³/mol. The second-order valence-corrected chi connectivity index (χ2v) is 7.20. The molecule has 1 aliphatic rings. The minimum absolute atomic E-state index is 0.116. The van der Waals surface area contributed by atoms with Crippen LogP contribution in [0.15, 0.2) is 18.2 Å². The van der Waals surface area contributed by atoms with E-state index in [0.29, 0.717) is 17.9 Å². The number of nitrogens with one attached hydrogen (secondary N) is 1. The Kier molecular flexibility index (Phi) is 5.22. The lowest BCUT2D eigenvalue weighted by Crippen LogP contribution is -2.21. The van der Waals surface area contributed by atoms with Crippen LogP contribution in [0.4, 0.5) is 5.69 Å². The van der Waals surface area contributed by atoms with E-state index in [4.69, 9.17) is 4.74 Å². The van der Waals surface area contributed by atoms with Gasteiger partial charge < -0.3 is 9.53 Å². The van der Waals surface area contributed by atoms with Gasteiger partial charge in [0.2, 0.25) is 10.0 Å². The first-order chi connectivity index (χ1) is 9.98. The van der Waals surface area contributed by atoms with Gasteiger partial charge in [-0.2, -0.15) is 0 Å². The summed E-state index contributed by atoms with van der Waals surface area (Å²) in [7, 11) is -3.37. The van der Waals surface area contributed by atoms with Crippen LogP contribution in [-0.2, 0) is 21.2 Å². The Labute approximate surface area is 125 Å². The van der Waals surface area contributed by atoms with Gasteiger partial charge in [-0.1, -0.05) is 12.5 Å². The van der Waals surface area contributed by atoms with Crippen molar-refractivity contribution in [2.45, 2.75) is 44.6 Å². The number of aldehydes is 1. The zero-order valence-electron chi connectivity index (χ0n) is 12.2. The molecule has 0 spiro atoms. The Bertz CT molecular complexity index is 592. The summed E-state index contributed by atoms with van der Waals surface area (Å²) in [5.74, 6) is 0.506. The molecule has 0 heterocycles. The van der Waals surface area contributed by atoms with E-state index in [1.165, 1.54) is 6.42 Å². The monoisotopic (exact) mass is 311 g/mol. The summed E-state index contributed by atoms with van der Waals surface area (Å²) in [5, 5.41) is 0. The number of benzene rings is 1. The van der Waals surface area contributed by atoms with Gasteiger partial charge in [-0.05, 0) is 43.4 Å². The summed E-state index contributed by atoms with van der Waals surface area (Å²) in [6, 6.07) is 5.13. The summed E-state index contributed by atoms with van der Waals surface area (Å²) >= 11 is 0. The molecule has 1 aromatic carbocycles. The average molecular weight is 311 g/mol. The van der Waals surface area contributed by atoms with E-state index in [1.54, 1.807) is 18.2 Å². The quantitative estimate of drug-likeness (QED) is 0.819. The third-order valence-corrected chi connectivity index (χ3v) is 4.10. The van der Waals surface area contributed by atoms with Crippen molar-refractivity contribution in [2.24, 2.45) is 0 Å². The highest BCUT2D eigenvalue weighted by molar-refractivity contribution is 7.92. The number of carbonyl (C=O) groups is 1. The molecule has 1 N–H and O–H groups in total. The average Bonchev–Trinajstić information content (AvgIpc) is 2.42. The summed E-state index contributed by atoms with van der Waals surface area (Å²) < 4.78 is 31.3. The van der Waals surface area contributed by atoms with Crippen LogP contribution >= 0.6 is 0 Å². The van der Waals surface area contributed by atoms with Crippen LogP contribution in [0.1, 0.15) is 37.7 Å². The van der Waals surface area contributed by atoms with Crippen LogP contribution in [0, 0.1) is 0 Å². The molecule has 6 heteroatoms. The van der Waals surface area contributed by atoms with E-state index in [1.807, 2.05) is 0 Å². The van der Waals surface area contributed by atoms with Crippen LogP contribution in [0.25, 0.3) is 0 Å². The molecule has 1 saturated carbocycles. The van der Waals surface area contributed by atoms with Gasteiger partial charge in [0.25, 0.3) is 0 Å². The number of hydrogen-bond acceptors (Lipinski definition) is 4. The van der Waals surface area contributed by atoms with Gasteiger partial charge in [-0.15, -0.1) is 0 Å². The van der Waals surface area contributed by atoms with Crippen LogP contribution in [0.2, 0.25) is 0 Å². The van der Waals surface area contributed by atoms with Crippen molar-refractivity contribution in [3.8, 4) is 5.75 Å². The summed E-state index contributed by atoms with van der Waals surface area (Å²) in [6.07, 6.45) is 7.79. The van der Waals surface area contributed by atoms with Crippen molar-refractivity contribution < 1.29 is 17.9 Å². The van der Waals surface area contributed by atoms with E-state index >= 15 is 0 Å². The molecular formula is C15H21NO4S. The fraction of sp³-hybridized carbons (Fsp3) is 0.533. The highest BCUT2D eigenvalue weighted by Gasteiger charge is 2.18. The second kappa shape index (κ2) is 6.93. The molecule has 1 fully saturated rings. The molecule has 1 aromatic rings. The normalized spacial score (nSPS) is 16.4. The number of rotatable bonds is 6. The van der Waals surface area contributed by atoms with Gasteiger partial charge in [0, 0.05) is 6.42 Å². The minimum atomic E-state index is -3.37. The number of ether oxygens (including phenoxy) is 1. The molecule has 0 unspecified atom stereocenters. The maximum absolute atomic E-state index is 11.4. The summed E-state index contributed by atoms with van der Waals surface area (Å²) in [6.45, 7) is 0. The van der Waals surface area contributed by atoms with Gasteiger partial charge in [0.1, 0.15) is 12.0 Å². The molecule has 2 rings (SSSR count). The van der Waals surface area contributed by atoms with Gasteiger partial charge in [-0.3, -0.25) is 4.72 Å². The van der Waals surface area contributed by atoms with E-state index in [0.717, 1.165) is 43.8 Å². The molecule has 0 saturated heterocycles. The lowest BCUT2D eigenvalue weighted by atomic mass is 9.98. The summed E-state index contributed by atoms with van der Waals surface area (Å²) in [4.78, 5) is 10.6. The molecule has 0 aliphatic heterocycles. The first-order valence-corrected chi connectivity index (χ1v) is 9.08. The molecule has 0 radical (unpaired) electrons. The number of carbonyl (C=O) groups excluding carboxylic acids is 1. The largest absolute Gasteiger partial charge is 0.488 e. The first-order valence-electron chi connectivity index (χ1n) is 7.19. The highest BCUT2D eigenvalue weighted by Crippen LogP contribution is 2.31. The second-order valence-electron chi connectivity index (χ2n) is 5.45. The molecule has 116 valence electrons. The van der Waals surface area contributed by atoms with Crippen LogP contribution in [0.3, 0.4) is 0 Å². The van der Waals surface area contributed by atoms with Crippen molar-refractivity contribution in [3.05, 3.63) is 23.8 Å². The van der Waals surface area contributed by atoms with Gasteiger partial charge in [0.05, 0.1) is 18.0 Å². The van der Waals surface area contributed by atoms with Crippen molar-refractivity contribution in [1.29, 1.82) is 0 Å². The lowest BCUT2D eigenvalue weighted by Gasteiger charge is -2.24. The molecule has 0 aromatic heterocycles. The molecule has 0 bridgehead atoms. The SMILES string of the molecule is CS(=O)(=O)Nc1ccc(CC=O)cc1OC1CCCCC1. The standard InChI is InChI=1S/C15H21NO4S/c1-21(18,19)16-14-8-7-12(9-10-17)11-15(14)20-13-5-3-2-4-6-13/h7-8,10-11,13,16H,2-6,9H2,1H3. The summed E-state index contributed by atoms with van der Waals surface area (Å²) in [5.41, 5.74) is 1.24. The third-order valence-electron chi connectivity index (χ3n) is 3.51. The fourth-order valence-corrected chi connectivity index (χ4v) is 3.10. The van der Waals surface area contributed by atoms with Crippen molar-refractivity contribution in [2.75, 3.05) is 11.0 Å². The van der Waals surface area contributed by atoms with E-state index < -0.39 is 10.0 Å². The number of hydrogen-bond donors (Lipinski definition) is 1. The van der Waals surface area contributed by atoms with E-state index in [-0.39, 0.29) is 6.10 Å². The maximum atomic E-state index is 11.4. The molecule has 0 atom stereocenters. The van der Waals surface area contributed by atoms with Gasteiger partial charge in [0.15, 0.2) is 0 Å². The first kappa shape index (κ1) is 15.8. The van der Waals surface area contributed by atoms with Crippen molar-refractivity contribution in [1.82, 2.24) is 0 Å². The van der Waals surface area contributed by atoms with E-state index in [9.17, 15) is 13.2 Å². The number of sulfonamides is 1. The molecule has 1 aliphatic carbocycles. The Hall–Kier alpha value is -1.56. The molecule has 0 amide bonds. The Balaban J connectivity index is 2.23. The van der Waals surface area contributed by atoms with Crippen LogP contribution in [0.5, 0.6) is 5.75 Å². The molecular weight excluding hydrogens is 290 g/mol. The van der Waals surface area contributed by atoms with Crippen LogP contribution < -0.4 is 9.46 Å². The minimum Gasteiger partial charge on any atom is -0.488 e. The van der Waals surface area contributed by atoms with Crippen LogP contribution in [-0.4, -0.2) is 27.1 Å². The van der Waals surface area contributed by atoms with Crippen molar-refractivity contribution in [3.63, 3.8) is 0 Å². The molecule has 5 nitrogen and oxygen atoms in total. The molecule has 21 heavy (non-hydrogen) atoms. The number of anilines is 1. The van der Waals surface area contributed by atoms with E-state index in [2.05, 4.69) is 4.72 Å². The Morgan fingerprint density at radius 3 is 2.62 bits per heavy atom. The third kappa shape index (κ3) is 5.04. The topological polar surface area (TPSA) is 72.5 Å². The van der Waals surface area contributed by atoms with Crippen molar-refractivity contribution >= 4 is 22.0 Å². The maximum Gasteiger partial charge on any atom is 0.229 e. The fourth-order valence-electron chi connectivity index (χ4n) is 2.53. The van der Waals surface area contributed by atoms with Gasteiger partial charge >= 0.3 is 0 Å². The zero-order valence-corrected chi connectivity index (χ0v) is 13.0. The smallest absolute Gasteiger partial charge is 0.229 e. The highest BCUT2D eigenvalue weighted by atomic mass is 32.2. The lowest BCUT2D eigenvalue weighted by molar-refractivity contribution is -0.107. The predicted octanol–water partition coefficient (Wildman–Crippen LogP) is 2.51. The zero-order chi connectivity index (χ0) is 15.3.